The lowest BCUT2D eigenvalue weighted by atomic mass is 10.3. The minimum Gasteiger partial charge on any atom is -0.357 e. The number of anilines is 1. The number of carbonyl (C=O) groups is 1. The highest BCUT2D eigenvalue weighted by Gasteiger charge is 2.26. The van der Waals surface area contributed by atoms with E-state index in [1.54, 1.807) is 31.2 Å². The predicted molar refractivity (Wildman–Crippen MR) is 95.1 cm³/mol. The Bertz CT molecular complexity index is 495. The van der Waals surface area contributed by atoms with Crippen LogP contribution in [0.5, 0.6) is 0 Å². The van der Waals surface area contributed by atoms with Crippen LogP contribution in [0.15, 0.2) is 35.3 Å². The number of rotatable bonds is 6. The van der Waals surface area contributed by atoms with Gasteiger partial charge in [-0.1, -0.05) is 18.2 Å². The van der Waals surface area contributed by atoms with Crippen LogP contribution in [0.25, 0.3) is 0 Å². The number of nitrogens with zero attached hydrogens (tertiary/aromatic N) is 1. The Kier molecular flexibility index (Phi) is 10.4. The molecule has 9 heteroatoms. The van der Waals surface area contributed by atoms with Crippen molar-refractivity contribution in [1.29, 1.82) is 0 Å². The number of carbonyl (C=O) groups excluding carboxylic acids is 1. The zero-order valence-electron chi connectivity index (χ0n) is 12.6. The molecular formula is C14H20F3IN4O. The molecule has 3 N–H and O–H groups in total. The molecular weight excluding hydrogens is 424 g/mol. The van der Waals surface area contributed by atoms with Crippen LogP contribution in [-0.4, -0.2) is 37.7 Å². The van der Waals surface area contributed by atoms with E-state index in [4.69, 9.17) is 0 Å². The van der Waals surface area contributed by atoms with E-state index in [9.17, 15) is 18.0 Å². The van der Waals surface area contributed by atoms with Crippen LogP contribution in [0.1, 0.15) is 13.3 Å². The molecule has 23 heavy (non-hydrogen) atoms. The smallest absolute Gasteiger partial charge is 0.357 e. The molecule has 5 nitrogen and oxygen atoms in total. The Morgan fingerprint density at radius 2 is 1.83 bits per heavy atom. The van der Waals surface area contributed by atoms with Crippen molar-refractivity contribution in [1.82, 2.24) is 10.6 Å². The van der Waals surface area contributed by atoms with Crippen LogP contribution in [0.3, 0.4) is 0 Å². The lowest BCUT2D eigenvalue weighted by Gasteiger charge is -2.12. The summed E-state index contributed by atoms with van der Waals surface area (Å²) in [6.45, 7) is 1.79. The summed E-state index contributed by atoms with van der Waals surface area (Å²) in [4.78, 5) is 15.6. The number of amides is 1. The number of para-hydroxylation sites is 1. The van der Waals surface area contributed by atoms with Gasteiger partial charge in [0, 0.05) is 18.8 Å². The van der Waals surface area contributed by atoms with Gasteiger partial charge in [-0.25, -0.2) is 4.99 Å². The molecule has 0 saturated heterocycles. The number of aliphatic imine (C=N–C) groups is 1. The molecule has 1 rings (SSSR count). The molecule has 0 aliphatic heterocycles. The molecule has 0 heterocycles. The number of nitrogens with one attached hydrogen (secondary N) is 3. The average molecular weight is 444 g/mol. The number of guanidine groups is 1. The third-order valence-corrected chi connectivity index (χ3v) is 2.48. The first kappa shape index (κ1) is 21.5. The van der Waals surface area contributed by atoms with Crippen LogP contribution in [-0.2, 0) is 4.79 Å². The maximum Gasteiger partial charge on any atom is 0.390 e. The molecule has 0 aliphatic carbocycles. The summed E-state index contributed by atoms with van der Waals surface area (Å²) in [5, 5.41) is 7.95. The van der Waals surface area contributed by atoms with Gasteiger partial charge in [0.25, 0.3) is 0 Å². The van der Waals surface area contributed by atoms with E-state index in [-0.39, 0.29) is 48.9 Å². The highest BCUT2D eigenvalue weighted by atomic mass is 127. The average Bonchev–Trinajstić information content (AvgIpc) is 2.44. The van der Waals surface area contributed by atoms with Crippen molar-refractivity contribution < 1.29 is 18.0 Å². The molecule has 1 aromatic rings. The van der Waals surface area contributed by atoms with Gasteiger partial charge in [0.15, 0.2) is 5.96 Å². The van der Waals surface area contributed by atoms with E-state index < -0.39 is 12.6 Å². The Balaban J connectivity index is 0.00000484. The number of benzene rings is 1. The SMILES string of the molecule is CCNC(=NCC(=O)Nc1ccccc1)NCCC(F)(F)F.I. The second kappa shape index (κ2) is 11.1. The van der Waals surface area contributed by atoms with E-state index in [0.29, 0.717) is 12.2 Å². The summed E-state index contributed by atoms with van der Waals surface area (Å²) in [6, 6.07) is 8.84. The third-order valence-electron chi connectivity index (χ3n) is 2.48. The monoisotopic (exact) mass is 444 g/mol. The van der Waals surface area contributed by atoms with E-state index in [0.717, 1.165) is 0 Å². The lowest BCUT2D eigenvalue weighted by molar-refractivity contribution is -0.132. The van der Waals surface area contributed by atoms with Crippen LogP contribution >= 0.6 is 24.0 Å². The van der Waals surface area contributed by atoms with Gasteiger partial charge >= 0.3 is 6.18 Å². The Morgan fingerprint density at radius 1 is 1.17 bits per heavy atom. The van der Waals surface area contributed by atoms with Gasteiger partial charge in [-0.05, 0) is 19.1 Å². The molecule has 0 atom stereocenters. The van der Waals surface area contributed by atoms with Crippen molar-refractivity contribution in [3.05, 3.63) is 30.3 Å². The molecule has 0 saturated carbocycles. The fourth-order valence-corrected chi connectivity index (χ4v) is 1.54. The summed E-state index contributed by atoms with van der Waals surface area (Å²) >= 11 is 0. The lowest BCUT2D eigenvalue weighted by Crippen LogP contribution is -2.39. The fraction of sp³-hybridized carbons (Fsp3) is 0.429. The van der Waals surface area contributed by atoms with Crippen molar-refractivity contribution in [3.63, 3.8) is 0 Å². The normalized spacial score (nSPS) is 11.4. The highest BCUT2D eigenvalue weighted by molar-refractivity contribution is 14.0. The second-order valence-corrected chi connectivity index (χ2v) is 4.40. The van der Waals surface area contributed by atoms with Crippen molar-refractivity contribution in [3.8, 4) is 0 Å². The molecule has 1 aromatic carbocycles. The molecule has 0 unspecified atom stereocenters. The van der Waals surface area contributed by atoms with E-state index in [2.05, 4.69) is 20.9 Å². The van der Waals surface area contributed by atoms with Crippen molar-refractivity contribution in [2.75, 3.05) is 25.0 Å². The van der Waals surface area contributed by atoms with Gasteiger partial charge in [0.05, 0.1) is 6.42 Å². The molecule has 0 radical (unpaired) electrons. The van der Waals surface area contributed by atoms with Gasteiger partial charge in [0.2, 0.25) is 5.91 Å². The minimum absolute atomic E-state index is 0. The Hall–Kier alpha value is -1.52. The topological polar surface area (TPSA) is 65.5 Å². The zero-order valence-corrected chi connectivity index (χ0v) is 14.9. The largest absolute Gasteiger partial charge is 0.390 e. The second-order valence-electron chi connectivity index (χ2n) is 4.40. The van der Waals surface area contributed by atoms with Gasteiger partial charge < -0.3 is 16.0 Å². The Morgan fingerprint density at radius 3 is 2.39 bits per heavy atom. The minimum atomic E-state index is -4.23. The van der Waals surface area contributed by atoms with Crippen LogP contribution in [0, 0.1) is 0 Å². The van der Waals surface area contributed by atoms with Crippen LogP contribution in [0.4, 0.5) is 18.9 Å². The summed E-state index contributed by atoms with van der Waals surface area (Å²) < 4.78 is 36.3. The quantitative estimate of drug-likeness (QED) is 0.359. The maximum absolute atomic E-state index is 12.1. The molecule has 0 aromatic heterocycles. The van der Waals surface area contributed by atoms with Crippen molar-refractivity contribution >= 4 is 41.5 Å². The summed E-state index contributed by atoms with van der Waals surface area (Å²) in [6.07, 6.45) is -5.19. The molecule has 0 spiro atoms. The third kappa shape index (κ3) is 10.8. The molecule has 1 amide bonds. The first-order valence-corrected chi connectivity index (χ1v) is 6.84. The zero-order chi connectivity index (χ0) is 16.4. The fourth-order valence-electron chi connectivity index (χ4n) is 1.54. The van der Waals surface area contributed by atoms with E-state index >= 15 is 0 Å². The van der Waals surface area contributed by atoms with Gasteiger partial charge in [-0.3, -0.25) is 4.79 Å². The van der Waals surface area contributed by atoms with Crippen LogP contribution < -0.4 is 16.0 Å². The summed E-state index contributed by atoms with van der Waals surface area (Å²) in [5.74, 6) is -0.172. The molecule has 130 valence electrons. The first-order chi connectivity index (χ1) is 10.4. The molecule has 0 fully saturated rings. The number of hydrogen-bond acceptors (Lipinski definition) is 2. The number of halogens is 4. The summed E-state index contributed by atoms with van der Waals surface area (Å²) in [7, 11) is 0. The number of alkyl halides is 3. The predicted octanol–water partition coefficient (Wildman–Crippen LogP) is 2.75. The Labute approximate surface area is 150 Å². The van der Waals surface area contributed by atoms with Crippen LogP contribution in [0.2, 0.25) is 0 Å². The first-order valence-electron chi connectivity index (χ1n) is 6.84. The van der Waals surface area contributed by atoms with Gasteiger partial charge in [-0.15, -0.1) is 24.0 Å². The molecule has 0 bridgehead atoms. The highest BCUT2D eigenvalue weighted by Crippen LogP contribution is 2.17. The molecule has 0 aliphatic rings. The van der Waals surface area contributed by atoms with Crippen molar-refractivity contribution in [2.45, 2.75) is 19.5 Å². The van der Waals surface area contributed by atoms with Crippen molar-refractivity contribution in [2.24, 2.45) is 4.99 Å². The summed E-state index contributed by atoms with van der Waals surface area (Å²) in [5.41, 5.74) is 0.637. The van der Waals surface area contributed by atoms with Gasteiger partial charge in [0.1, 0.15) is 6.54 Å². The maximum atomic E-state index is 12.1. The number of hydrogen-bond donors (Lipinski definition) is 3. The standard InChI is InChI=1S/C14H19F3N4O.HI/c1-2-18-13(19-9-8-14(15,16)17)20-10-12(22)21-11-6-4-3-5-7-11;/h3-7H,2,8-10H2,1H3,(H,21,22)(H2,18,19,20);1H. The van der Waals surface area contributed by atoms with E-state index in [1.165, 1.54) is 0 Å². The van der Waals surface area contributed by atoms with Gasteiger partial charge in [-0.2, -0.15) is 13.2 Å². The van der Waals surface area contributed by atoms with E-state index in [1.807, 2.05) is 6.07 Å².